The number of hydrogen-bond acceptors (Lipinski definition) is 5. The first-order valence-electron chi connectivity index (χ1n) is 9.52. The summed E-state index contributed by atoms with van der Waals surface area (Å²) in [4.78, 5) is 36.2. The summed E-state index contributed by atoms with van der Waals surface area (Å²) in [5, 5.41) is 5.12. The van der Waals surface area contributed by atoms with Crippen LogP contribution in [0.5, 0.6) is 5.75 Å². The van der Waals surface area contributed by atoms with E-state index in [-0.39, 0.29) is 23.9 Å². The van der Waals surface area contributed by atoms with Crippen LogP contribution in [0.25, 0.3) is 0 Å². The minimum absolute atomic E-state index is 0.0230. The SMILES string of the molecule is CCOc1ccc(Br)cc1C(=O)NC(=S)NNC(=O)CCC(=O)NCc1ccccc1. The van der Waals surface area contributed by atoms with Gasteiger partial charge in [0.1, 0.15) is 5.75 Å². The first-order valence-corrected chi connectivity index (χ1v) is 10.7. The molecular weight excluding hydrogens is 484 g/mol. The molecule has 4 N–H and O–H groups in total. The summed E-state index contributed by atoms with van der Waals surface area (Å²) in [6, 6.07) is 14.5. The normalized spacial score (nSPS) is 10.0. The number of carbonyl (C=O) groups excluding carboxylic acids is 3. The number of nitrogens with one attached hydrogen (secondary N) is 4. The fourth-order valence-corrected chi connectivity index (χ4v) is 2.97. The maximum absolute atomic E-state index is 12.4. The van der Waals surface area contributed by atoms with Gasteiger partial charge in [-0.3, -0.25) is 30.6 Å². The molecule has 0 atom stereocenters. The van der Waals surface area contributed by atoms with E-state index >= 15 is 0 Å². The van der Waals surface area contributed by atoms with Gasteiger partial charge in [0.25, 0.3) is 5.91 Å². The zero-order valence-corrected chi connectivity index (χ0v) is 19.3. The van der Waals surface area contributed by atoms with Crippen molar-refractivity contribution in [1.29, 1.82) is 0 Å². The van der Waals surface area contributed by atoms with E-state index in [9.17, 15) is 14.4 Å². The number of halogens is 1. The third-order valence-corrected chi connectivity index (χ3v) is 4.64. The van der Waals surface area contributed by atoms with E-state index in [2.05, 4.69) is 37.4 Å². The molecule has 8 nitrogen and oxygen atoms in total. The van der Waals surface area contributed by atoms with Crippen LogP contribution in [0.4, 0.5) is 0 Å². The second-order valence-electron chi connectivity index (χ2n) is 6.29. The molecule has 3 amide bonds. The van der Waals surface area contributed by atoms with Gasteiger partial charge in [0.05, 0.1) is 12.2 Å². The zero-order chi connectivity index (χ0) is 22.6. The Hall–Kier alpha value is -2.98. The quantitative estimate of drug-likeness (QED) is 0.323. The van der Waals surface area contributed by atoms with Crippen LogP contribution in [-0.2, 0) is 16.1 Å². The molecule has 0 aliphatic carbocycles. The first-order chi connectivity index (χ1) is 14.9. The molecule has 0 saturated heterocycles. The Morgan fingerprint density at radius 1 is 1.00 bits per heavy atom. The minimum Gasteiger partial charge on any atom is -0.493 e. The predicted molar refractivity (Wildman–Crippen MR) is 124 cm³/mol. The van der Waals surface area contributed by atoms with Crippen LogP contribution in [0.3, 0.4) is 0 Å². The van der Waals surface area contributed by atoms with Crippen molar-refractivity contribution in [2.75, 3.05) is 6.61 Å². The predicted octanol–water partition coefficient (Wildman–Crippen LogP) is 2.58. The second kappa shape index (κ2) is 12.7. The van der Waals surface area contributed by atoms with Crippen LogP contribution >= 0.6 is 28.1 Å². The minimum atomic E-state index is -0.489. The van der Waals surface area contributed by atoms with E-state index in [4.69, 9.17) is 17.0 Å². The molecule has 0 radical (unpaired) electrons. The van der Waals surface area contributed by atoms with Gasteiger partial charge in [0.2, 0.25) is 11.8 Å². The van der Waals surface area contributed by atoms with Crippen molar-refractivity contribution < 1.29 is 19.1 Å². The van der Waals surface area contributed by atoms with Crippen LogP contribution in [-0.4, -0.2) is 29.4 Å². The van der Waals surface area contributed by atoms with Crippen molar-refractivity contribution in [3.8, 4) is 5.75 Å². The molecule has 0 unspecified atom stereocenters. The lowest BCUT2D eigenvalue weighted by Gasteiger charge is -2.13. The molecule has 0 aliphatic heterocycles. The molecule has 2 rings (SSSR count). The summed E-state index contributed by atoms with van der Waals surface area (Å²) >= 11 is 8.34. The highest BCUT2D eigenvalue weighted by molar-refractivity contribution is 9.10. The average molecular weight is 507 g/mol. The summed E-state index contributed by atoms with van der Waals surface area (Å²) in [6.45, 7) is 2.61. The maximum Gasteiger partial charge on any atom is 0.261 e. The van der Waals surface area contributed by atoms with Crippen LogP contribution in [0.15, 0.2) is 53.0 Å². The van der Waals surface area contributed by atoms with Gasteiger partial charge in [-0.1, -0.05) is 46.3 Å². The molecular formula is C21H23BrN4O4S. The molecule has 0 saturated carbocycles. The number of benzene rings is 2. The molecule has 0 spiro atoms. The van der Waals surface area contributed by atoms with Gasteiger partial charge in [-0.2, -0.15) is 0 Å². The number of rotatable bonds is 8. The number of hydrazine groups is 1. The monoisotopic (exact) mass is 506 g/mol. The lowest BCUT2D eigenvalue weighted by molar-refractivity contribution is -0.126. The maximum atomic E-state index is 12.4. The van der Waals surface area contributed by atoms with Crippen LogP contribution in [0.1, 0.15) is 35.7 Å². The Morgan fingerprint density at radius 2 is 1.71 bits per heavy atom. The summed E-state index contributed by atoms with van der Waals surface area (Å²) < 4.78 is 6.15. The Morgan fingerprint density at radius 3 is 2.42 bits per heavy atom. The van der Waals surface area contributed by atoms with Crippen molar-refractivity contribution >= 4 is 51.0 Å². The lowest BCUT2D eigenvalue weighted by atomic mass is 10.2. The van der Waals surface area contributed by atoms with Gasteiger partial charge >= 0.3 is 0 Å². The highest BCUT2D eigenvalue weighted by Crippen LogP contribution is 2.23. The Bertz CT molecular complexity index is 940. The fraction of sp³-hybridized carbons (Fsp3) is 0.238. The van der Waals surface area contributed by atoms with Crippen molar-refractivity contribution in [3.63, 3.8) is 0 Å². The summed E-state index contributed by atoms with van der Waals surface area (Å²) in [6.07, 6.45) is -0.0144. The Balaban J connectivity index is 1.72. The number of carbonyl (C=O) groups is 3. The van der Waals surface area contributed by atoms with Gasteiger partial charge < -0.3 is 10.1 Å². The number of ether oxygens (including phenoxy) is 1. The number of hydrogen-bond donors (Lipinski definition) is 4. The third kappa shape index (κ3) is 8.73. The van der Waals surface area contributed by atoms with Gasteiger partial charge in [-0.15, -0.1) is 0 Å². The lowest BCUT2D eigenvalue weighted by Crippen LogP contribution is -2.48. The highest BCUT2D eigenvalue weighted by Gasteiger charge is 2.15. The molecule has 164 valence electrons. The topological polar surface area (TPSA) is 109 Å². The van der Waals surface area contributed by atoms with E-state index in [1.807, 2.05) is 37.3 Å². The number of thiocarbonyl (C=S) groups is 1. The highest BCUT2D eigenvalue weighted by atomic mass is 79.9. The van der Waals surface area contributed by atoms with E-state index in [0.717, 1.165) is 5.56 Å². The molecule has 2 aromatic rings. The molecule has 31 heavy (non-hydrogen) atoms. The second-order valence-corrected chi connectivity index (χ2v) is 7.62. The van der Waals surface area contributed by atoms with Crippen LogP contribution in [0, 0.1) is 0 Å². The number of amides is 3. The van der Waals surface area contributed by atoms with E-state index < -0.39 is 11.8 Å². The molecule has 0 aromatic heterocycles. The molecule has 0 fully saturated rings. The van der Waals surface area contributed by atoms with E-state index in [1.54, 1.807) is 18.2 Å². The molecule has 0 heterocycles. The smallest absolute Gasteiger partial charge is 0.261 e. The van der Waals surface area contributed by atoms with E-state index in [1.165, 1.54) is 0 Å². The summed E-state index contributed by atoms with van der Waals surface area (Å²) in [7, 11) is 0. The van der Waals surface area contributed by atoms with Crippen molar-refractivity contribution in [2.24, 2.45) is 0 Å². The molecule has 2 aromatic carbocycles. The Labute approximate surface area is 194 Å². The molecule has 0 aliphatic rings. The van der Waals surface area contributed by atoms with Gasteiger partial charge in [-0.05, 0) is 42.9 Å². The van der Waals surface area contributed by atoms with E-state index in [0.29, 0.717) is 28.9 Å². The van der Waals surface area contributed by atoms with Crippen molar-refractivity contribution in [3.05, 3.63) is 64.1 Å². The zero-order valence-electron chi connectivity index (χ0n) is 16.9. The largest absolute Gasteiger partial charge is 0.493 e. The summed E-state index contributed by atoms with van der Waals surface area (Å²) in [5.74, 6) is -0.759. The van der Waals surface area contributed by atoms with Crippen LogP contribution in [0.2, 0.25) is 0 Å². The molecule has 10 heteroatoms. The fourth-order valence-electron chi connectivity index (χ4n) is 2.46. The van der Waals surface area contributed by atoms with Gasteiger partial charge in [0, 0.05) is 23.9 Å². The summed E-state index contributed by atoms with van der Waals surface area (Å²) in [5.41, 5.74) is 6.07. The Kier molecular flexibility index (Phi) is 9.92. The third-order valence-electron chi connectivity index (χ3n) is 3.94. The van der Waals surface area contributed by atoms with Gasteiger partial charge in [-0.25, -0.2) is 0 Å². The molecule has 0 bridgehead atoms. The standard InChI is InChI=1S/C21H23BrN4O4S/c1-2-30-17-9-8-15(22)12-16(17)20(29)24-21(31)26-25-19(28)11-10-18(27)23-13-14-6-4-3-5-7-14/h3-9,12H,2,10-11,13H2,1H3,(H,23,27)(H,25,28)(H2,24,26,29,31). The van der Waals surface area contributed by atoms with Crippen molar-refractivity contribution in [2.45, 2.75) is 26.3 Å². The average Bonchev–Trinajstić information content (AvgIpc) is 2.76. The van der Waals surface area contributed by atoms with Crippen LogP contribution < -0.4 is 26.2 Å². The first kappa shape index (κ1) is 24.3. The van der Waals surface area contributed by atoms with Gasteiger partial charge in [0.15, 0.2) is 5.11 Å². The van der Waals surface area contributed by atoms with Crippen molar-refractivity contribution in [1.82, 2.24) is 21.5 Å².